The van der Waals surface area contributed by atoms with Crippen molar-refractivity contribution >= 4 is 46.7 Å². The topological polar surface area (TPSA) is 409 Å². The summed E-state index contributed by atoms with van der Waals surface area (Å²) in [5.41, 5.74) is 0.308. The third-order valence-corrected chi connectivity index (χ3v) is 10.4. The van der Waals surface area contributed by atoms with Crippen LogP contribution in [0.3, 0.4) is 0 Å². The van der Waals surface area contributed by atoms with Gasteiger partial charge in [-0.05, 0) is 147 Å². The van der Waals surface area contributed by atoms with Crippen molar-refractivity contribution in [3.63, 3.8) is 0 Å². The molecule has 0 saturated carbocycles. The highest BCUT2D eigenvalue weighted by atomic mass is 18.0. The lowest BCUT2D eigenvalue weighted by molar-refractivity contribution is -0.870. The molecule has 37 heteroatoms. The smallest absolute Gasteiger partial charge is 0.305 e. The predicted octanol–water partition coefficient (Wildman–Crippen LogP) is 22.1. The van der Waals surface area contributed by atoms with E-state index in [1.165, 1.54) is 0 Å². The van der Waals surface area contributed by atoms with E-state index >= 15 is 0 Å². The summed E-state index contributed by atoms with van der Waals surface area (Å²) >= 11 is 0. The number of carbonyl (C=O) groups excluding carboxylic acids is 8. The number of benzene rings is 2. The van der Waals surface area contributed by atoms with Gasteiger partial charge in [0.2, 0.25) is 0 Å². The molecule has 1 aliphatic rings. The van der Waals surface area contributed by atoms with Gasteiger partial charge in [-0.2, -0.15) is 0 Å². The first-order valence-electron chi connectivity index (χ1n) is 35.4. The van der Waals surface area contributed by atoms with Crippen molar-refractivity contribution in [2.75, 3.05) is 40.6 Å². The number of ketones is 5. The largest absolute Gasteiger partial charge is 0.465 e. The Hall–Kier alpha value is -12.2. The molecule has 1 unspecified atom stereocenters. The molecule has 129 heavy (non-hydrogen) atoms. The fourth-order valence-electron chi connectivity index (χ4n) is 6.73. The van der Waals surface area contributed by atoms with Crippen molar-refractivity contribution in [2.24, 2.45) is 11.3 Å². The third kappa shape index (κ3) is 145. The molecule has 2 aromatic rings. The molecule has 37 nitrogen and oxygen atoms in total. The van der Waals surface area contributed by atoms with Gasteiger partial charge in [0.1, 0.15) is 35.5 Å². The number of nitrogens with zero attached hydrogens (tertiary/aromatic N) is 1. The Morgan fingerprint density at radius 1 is 0.318 bits per heavy atom. The van der Waals surface area contributed by atoms with Crippen LogP contribution < -0.4 is 0 Å². The monoisotopic (exact) mass is 1850 g/mol. The molecule has 0 fully saturated rings. The summed E-state index contributed by atoms with van der Waals surface area (Å²) in [5, 5.41) is 94.5. The van der Waals surface area contributed by atoms with Crippen LogP contribution in [0.4, 0.5) is 0 Å². The molecule has 1 atom stereocenters. The number of carbonyl (C=O) groups is 8. The number of hydrogen-bond acceptors (Lipinski definition) is 36. The van der Waals surface area contributed by atoms with Gasteiger partial charge in [0, 0.05) is 88.8 Å². The Morgan fingerprint density at radius 2 is 0.612 bits per heavy atom. The summed E-state index contributed by atoms with van der Waals surface area (Å²) in [5.74, 6) is -4.71. The number of Topliss-reactive ketones (excluding diaryl/α,β-unsaturated/α-hetero) is 5. The van der Waals surface area contributed by atoms with Crippen molar-refractivity contribution in [1.82, 2.24) is 4.90 Å². The molecule has 1 N–H and O–H groups in total. The van der Waals surface area contributed by atoms with Crippen LogP contribution in [0.1, 0.15) is 87.3 Å². The molecule has 0 spiro atoms. The molecule has 2 aromatic carbocycles. The number of hydrogen-bond donors (Lipinski definition) is 1. The van der Waals surface area contributed by atoms with Crippen LogP contribution in [0.5, 0.6) is 0 Å². The second-order valence-electron chi connectivity index (χ2n) is 16.2. The highest BCUT2D eigenvalue weighted by Gasteiger charge is 2.38. The molecule has 740 valence electrons. The zero-order chi connectivity index (χ0) is 107. The lowest BCUT2D eigenvalue weighted by Gasteiger charge is -2.30. The average molecular weight is 1850 g/mol. The quantitative estimate of drug-likeness (QED) is 0.0160. The predicted molar refractivity (Wildman–Crippen MR) is 505 cm³/mol. The van der Waals surface area contributed by atoms with Crippen LogP contribution in [-0.2, 0) is 193 Å². The Labute approximate surface area is 768 Å². The number of aliphatic hydroxyl groups is 1. The minimum absolute atomic E-state index is 0.0373. The van der Waals surface area contributed by atoms with Crippen LogP contribution in [0.25, 0.3) is 0 Å². The second kappa shape index (κ2) is 194. The van der Waals surface area contributed by atoms with E-state index in [0.29, 0.717) is 11.1 Å². The lowest BCUT2D eigenvalue weighted by Crippen LogP contribution is -2.40. The van der Waals surface area contributed by atoms with Gasteiger partial charge in [0.15, 0.2) is 0 Å². The summed E-state index contributed by atoms with van der Waals surface area (Å²) in [6.45, 7) is 141. The SMILES string of the molecule is C=C.C=C.C=C.C=C.C=C.C=C.C=C.C=C.C=C.C=C.C=C.C=C.C=C.C=C.C=C.C=C.C=C.C=C.C=C.C=C.C=C.C=C.C=C.C=C.COOOOOOOOOOOOOCC(COOOOOOOOOOOOOC)(COC(=O)CCCC(=O)CC(Cc1ccccc1)C(=O)CCC(=O)Cc1ccc(CO)cc1)CC(=O)CCCC(=O)CCN1C(=O)C=CC1=O. The van der Waals surface area contributed by atoms with E-state index in [0.717, 1.165) is 36.8 Å². The van der Waals surface area contributed by atoms with Crippen LogP contribution in [0, 0.1) is 11.3 Å². The normalized spacial score (nSPS) is 8.78. The van der Waals surface area contributed by atoms with E-state index in [2.05, 4.69) is 436 Å². The van der Waals surface area contributed by atoms with E-state index in [1.54, 1.807) is 54.6 Å². The molecule has 0 radical (unpaired) electrons. The number of amides is 2. The summed E-state index contributed by atoms with van der Waals surface area (Å²) < 4.78 is 5.49. The minimum Gasteiger partial charge on any atom is -0.465 e. The standard InChI is InChI=1S/C44H55NO36.24C2H4/c1-55-60-64-68-72-76-80-78-74-70-66-62-58-30-44(31-59-63-67-71-75-79-81-77-73-69-65-61-56-2,27-39(50)12-6-10-36(47)22-23-45-41(52)20-21-42(45)53)29-57-43(54)13-7-11-37(48)26-35(24-32-8-4-3-5-9-32)40(51)19-18-38(49)25-33-14-16-34(28-46)17-15-33;24*1-2/h3-5,8-9,14-17,20-21,35,46H,6-7,10-13,18-19,22-31H2,1-2H3;24*1-2H2. The van der Waals surface area contributed by atoms with Gasteiger partial charge >= 0.3 is 5.97 Å². The maximum atomic E-state index is 13.5. The zero-order valence-electron chi connectivity index (χ0n) is 76.8. The Balaban J connectivity index is -0.000000103. The molecule has 1 aliphatic heterocycles. The first-order chi connectivity index (χ1) is 63.4. The van der Waals surface area contributed by atoms with Crippen molar-refractivity contribution in [3.8, 4) is 0 Å². The minimum atomic E-state index is -1.87. The van der Waals surface area contributed by atoms with Crippen molar-refractivity contribution < 1.29 is 179 Å². The fourth-order valence-corrected chi connectivity index (χ4v) is 6.73. The van der Waals surface area contributed by atoms with E-state index in [4.69, 9.17) is 14.5 Å². The van der Waals surface area contributed by atoms with Gasteiger partial charge in [-0.15, -0.1) is 316 Å². The van der Waals surface area contributed by atoms with Gasteiger partial charge in [-0.3, -0.25) is 43.3 Å². The van der Waals surface area contributed by atoms with Crippen LogP contribution >= 0.6 is 0 Å². The first kappa shape index (κ1) is 174. The van der Waals surface area contributed by atoms with Crippen molar-refractivity contribution in [1.29, 1.82) is 0 Å². The third-order valence-electron chi connectivity index (χ3n) is 10.4. The second-order valence-corrected chi connectivity index (χ2v) is 16.2. The summed E-state index contributed by atoms with van der Waals surface area (Å²) in [6.07, 6.45) is 0.121. The van der Waals surface area contributed by atoms with Crippen molar-refractivity contribution in [3.05, 3.63) is 399 Å². The number of aliphatic hydroxyl groups excluding tert-OH is 1. The van der Waals surface area contributed by atoms with Gasteiger partial charge in [-0.25, -0.2) is 19.6 Å². The summed E-state index contributed by atoms with van der Waals surface area (Å²) in [4.78, 5) is 122. The zero-order valence-corrected chi connectivity index (χ0v) is 76.8. The molecular weight excluding hydrogens is 1690 g/mol. The van der Waals surface area contributed by atoms with E-state index in [-0.39, 0.29) is 113 Å². The van der Waals surface area contributed by atoms with Gasteiger partial charge in [0.05, 0.1) is 39.5 Å². The van der Waals surface area contributed by atoms with Gasteiger partial charge in [0.25, 0.3) is 11.8 Å². The van der Waals surface area contributed by atoms with Crippen LogP contribution in [-0.4, -0.2) is 97.3 Å². The Kier molecular flexibility index (Phi) is 262. The molecule has 0 saturated heterocycles. The van der Waals surface area contributed by atoms with E-state index in [9.17, 15) is 43.5 Å². The fraction of sp³-hybridized carbons (Fsp3) is 0.239. The number of ether oxygens (including phenoxy) is 1. The first-order valence-corrected chi connectivity index (χ1v) is 35.4. The molecular formula is C92H151NO36. The molecule has 0 aliphatic carbocycles. The number of esters is 1. The van der Waals surface area contributed by atoms with Crippen molar-refractivity contribution in [2.45, 2.75) is 90.1 Å². The summed E-state index contributed by atoms with van der Waals surface area (Å²) in [6, 6.07) is 15.8. The number of rotatable bonds is 54. The molecule has 0 bridgehead atoms. The molecule has 3 rings (SSSR count). The maximum absolute atomic E-state index is 13.5. The van der Waals surface area contributed by atoms with Crippen LogP contribution in [0.15, 0.2) is 383 Å². The lowest BCUT2D eigenvalue weighted by atomic mass is 9.84. The molecule has 0 aromatic heterocycles. The summed E-state index contributed by atoms with van der Waals surface area (Å²) in [7, 11) is 2.10. The molecule has 1 heterocycles. The van der Waals surface area contributed by atoms with Gasteiger partial charge in [-0.1, -0.05) is 54.6 Å². The van der Waals surface area contributed by atoms with Gasteiger partial charge < -0.3 is 9.84 Å². The highest BCUT2D eigenvalue weighted by molar-refractivity contribution is 6.13. The maximum Gasteiger partial charge on any atom is 0.305 e. The Morgan fingerprint density at radius 3 is 0.938 bits per heavy atom. The highest BCUT2D eigenvalue weighted by Crippen LogP contribution is 2.28. The van der Waals surface area contributed by atoms with E-state index in [1.807, 2.05) is 0 Å². The molecule has 2 amide bonds. The van der Waals surface area contributed by atoms with Crippen LogP contribution in [0.2, 0.25) is 0 Å². The average Bonchev–Trinajstić information content (AvgIpc) is 1.85. The number of imide groups is 1. The van der Waals surface area contributed by atoms with E-state index < -0.39 is 61.1 Å². The Bertz CT molecular complexity index is 2460.